The number of hydrogen-bond acceptors (Lipinski definition) is 4. The minimum Gasteiger partial charge on any atom is -0.454 e. The number of hydrogen-bond donors (Lipinski definition) is 1. The van der Waals surface area contributed by atoms with E-state index >= 15 is 0 Å². The van der Waals surface area contributed by atoms with Gasteiger partial charge in [-0.15, -0.1) is 0 Å². The van der Waals surface area contributed by atoms with E-state index in [-0.39, 0.29) is 0 Å². The summed E-state index contributed by atoms with van der Waals surface area (Å²) in [6, 6.07) is 4.63. The van der Waals surface area contributed by atoms with Crippen molar-refractivity contribution in [3.05, 3.63) is 22.2 Å². The first-order valence-corrected chi connectivity index (χ1v) is 8.53. The molecule has 0 amide bonds. The van der Waals surface area contributed by atoms with Crippen LogP contribution in [0.15, 0.2) is 16.6 Å². The molecule has 21 heavy (non-hydrogen) atoms. The van der Waals surface area contributed by atoms with E-state index in [0.29, 0.717) is 18.8 Å². The van der Waals surface area contributed by atoms with E-state index in [4.69, 9.17) is 9.47 Å². The lowest BCUT2D eigenvalue weighted by atomic mass is 9.90. The molecule has 1 aromatic carbocycles. The first kappa shape index (κ1) is 15.1. The van der Waals surface area contributed by atoms with Crippen molar-refractivity contribution in [3.63, 3.8) is 0 Å². The number of piperazine rings is 1. The summed E-state index contributed by atoms with van der Waals surface area (Å²) >= 11 is 3.74. The molecule has 0 spiro atoms. The summed E-state index contributed by atoms with van der Waals surface area (Å²) < 4.78 is 12.2. The Morgan fingerprint density at radius 1 is 1.24 bits per heavy atom. The molecule has 5 heteroatoms. The maximum Gasteiger partial charge on any atom is 0.231 e. The minimum atomic E-state index is 0.326. The Kier molecular flexibility index (Phi) is 4.72. The van der Waals surface area contributed by atoms with E-state index in [1.807, 2.05) is 0 Å². The smallest absolute Gasteiger partial charge is 0.231 e. The Morgan fingerprint density at radius 3 is 2.57 bits per heavy atom. The van der Waals surface area contributed by atoms with Crippen LogP contribution in [-0.4, -0.2) is 37.9 Å². The second-order valence-corrected chi connectivity index (χ2v) is 6.70. The molecule has 0 radical (unpaired) electrons. The molecule has 1 unspecified atom stereocenters. The Bertz CT molecular complexity index is 503. The largest absolute Gasteiger partial charge is 0.454 e. The number of halogens is 1. The van der Waals surface area contributed by atoms with Crippen LogP contribution in [0.3, 0.4) is 0 Å². The van der Waals surface area contributed by atoms with Crippen molar-refractivity contribution in [2.75, 3.05) is 33.0 Å². The summed E-state index contributed by atoms with van der Waals surface area (Å²) in [6.45, 7) is 9.24. The molecule has 2 aliphatic rings. The van der Waals surface area contributed by atoms with Crippen LogP contribution in [0.25, 0.3) is 0 Å². The van der Waals surface area contributed by atoms with E-state index in [2.05, 4.69) is 52.1 Å². The average molecular weight is 355 g/mol. The predicted molar refractivity (Wildman–Crippen MR) is 86.9 cm³/mol. The zero-order valence-electron chi connectivity index (χ0n) is 12.7. The Labute approximate surface area is 134 Å². The molecule has 0 bridgehead atoms. The van der Waals surface area contributed by atoms with E-state index in [0.717, 1.165) is 48.6 Å². The highest BCUT2D eigenvalue weighted by Crippen LogP contribution is 2.43. The quantitative estimate of drug-likeness (QED) is 0.900. The first-order valence-electron chi connectivity index (χ1n) is 7.74. The van der Waals surface area contributed by atoms with Crippen LogP contribution in [0.2, 0.25) is 0 Å². The van der Waals surface area contributed by atoms with Gasteiger partial charge in [0, 0.05) is 36.7 Å². The molecule has 0 saturated carbocycles. The topological polar surface area (TPSA) is 33.7 Å². The molecule has 3 rings (SSSR count). The molecular weight excluding hydrogens is 332 g/mol. The van der Waals surface area contributed by atoms with Crippen molar-refractivity contribution in [1.82, 2.24) is 10.2 Å². The summed E-state index contributed by atoms with van der Waals surface area (Å²) in [5, 5.41) is 3.44. The minimum absolute atomic E-state index is 0.326. The van der Waals surface area contributed by atoms with Crippen LogP contribution >= 0.6 is 15.9 Å². The first-order chi connectivity index (χ1) is 10.2. The van der Waals surface area contributed by atoms with Crippen LogP contribution in [0.1, 0.15) is 31.9 Å². The summed E-state index contributed by atoms with van der Waals surface area (Å²) in [7, 11) is 0. The van der Waals surface area contributed by atoms with Gasteiger partial charge in [-0.3, -0.25) is 4.90 Å². The molecule has 0 aromatic heterocycles. The third kappa shape index (κ3) is 3.05. The monoisotopic (exact) mass is 354 g/mol. The van der Waals surface area contributed by atoms with Gasteiger partial charge in [0.15, 0.2) is 11.5 Å². The van der Waals surface area contributed by atoms with Gasteiger partial charge < -0.3 is 14.8 Å². The van der Waals surface area contributed by atoms with E-state index in [1.54, 1.807) is 0 Å². The average Bonchev–Trinajstić information content (AvgIpc) is 2.95. The number of rotatable bonds is 4. The van der Waals surface area contributed by atoms with Crippen LogP contribution in [0.5, 0.6) is 11.5 Å². The van der Waals surface area contributed by atoms with Gasteiger partial charge in [-0.05, 0) is 23.6 Å². The molecule has 2 aliphatic heterocycles. The van der Waals surface area contributed by atoms with Crippen molar-refractivity contribution in [2.24, 2.45) is 5.92 Å². The maximum absolute atomic E-state index is 5.57. The molecule has 2 heterocycles. The van der Waals surface area contributed by atoms with Gasteiger partial charge in [0.05, 0.1) is 0 Å². The normalized spacial score (nSPS) is 21.3. The Hall–Kier alpha value is -0.780. The second kappa shape index (κ2) is 6.55. The van der Waals surface area contributed by atoms with Gasteiger partial charge in [-0.25, -0.2) is 0 Å². The zero-order chi connectivity index (χ0) is 14.8. The van der Waals surface area contributed by atoms with Crippen LogP contribution in [0, 0.1) is 5.92 Å². The molecule has 116 valence electrons. The van der Waals surface area contributed by atoms with E-state index in [9.17, 15) is 0 Å². The SMILES string of the molecule is CCC(C)[C@H](c1cc2c(cc1Br)OCO2)N1CCNCC1. The number of ether oxygens (including phenoxy) is 2. The van der Waals surface area contributed by atoms with Gasteiger partial charge in [0.2, 0.25) is 6.79 Å². The summed E-state index contributed by atoms with van der Waals surface area (Å²) in [4.78, 5) is 2.59. The summed E-state index contributed by atoms with van der Waals surface area (Å²) in [5.41, 5.74) is 1.32. The van der Waals surface area contributed by atoms with Gasteiger partial charge in [-0.2, -0.15) is 0 Å². The third-order valence-corrected chi connectivity index (χ3v) is 5.23. The van der Waals surface area contributed by atoms with E-state index < -0.39 is 0 Å². The molecule has 1 N–H and O–H groups in total. The number of nitrogens with zero attached hydrogens (tertiary/aromatic N) is 1. The molecule has 1 aromatic rings. The standard InChI is InChI=1S/C16H23BrN2O2/c1-3-11(2)16(19-6-4-18-5-7-19)12-8-14-15(9-13(12)17)21-10-20-14/h8-9,11,16,18H,3-7,10H2,1-2H3/t11?,16-/m1/s1. The second-order valence-electron chi connectivity index (χ2n) is 5.84. The molecule has 1 saturated heterocycles. The number of fused-ring (bicyclic) bond motifs is 1. The lowest BCUT2D eigenvalue weighted by Crippen LogP contribution is -2.46. The van der Waals surface area contributed by atoms with Gasteiger partial charge >= 0.3 is 0 Å². The van der Waals surface area contributed by atoms with Crippen LogP contribution in [0.4, 0.5) is 0 Å². The fourth-order valence-corrected chi connectivity index (χ4v) is 3.76. The van der Waals surface area contributed by atoms with Crippen molar-refractivity contribution in [1.29, 1.82) is 0 Å². The summed E-state index contributed by atoms with van der Waals surface area (Å²) in [6.07, 6.45) is 1.16. The fourth-order valence-electron chi connectivity index (χ4n) is 3.21. The highest BCUT2D eigenvalue weighted by Gasteiger charge is 2.30. The van der Waals surface area contributed by atoms with Gasteiger partial charge in [0.1, 0.15) is 0 Å². The van der Waals surface area contributed by atoms with Crippen molar-refractivity contribution >= 4 is 15.9 Å². The summed E-state index contributed by atoms with van der Waals surface area (Å²) in [5.74, 6) is 2.31. The highest BCUT2D eigenvalue weighted by atomic mass is 79.9. The third-order valence-electron chi connectivity index (χ3n) is 4.54. The van der Waals surface area contributed by atoms with Crippen molar-refractivity contribution < 1.29 is 9.47 Å². The number of nitrogens with one attached hydrogen (secondary N) is 1. The van der Waals surface area contributed by atoms with Gasteiger partial charge in [-0.1, -0.05) is 36.2 Å². The van der Waals surface area contributed by atoms with Crippen LogP contribution < -0.4 is 14.8 Å². The molecular formula is C16H23BrN2O2. The molecule has 4 nitrogen and oxygen atoms in total. The maximum atomic E-state index is 5.57. The molecule has 1 fully saturated rings. The molecule has 2 atom stereocenters. The fraction of sp³-hybridized carbons (Fsp3) is 0.625. The Morgan fingerprint density at radius 2 is 1.90 bits per heavy atom. The highest BCUT2D eigenvalue weighted by molar-refractivity contribution is 9.10. The molecule has 0 aliphatic carbocycles. The van der Waals surface area contributed by atoms with Crippen molar-refractivity contribution in [3.8, 4) is 11.5 Å². The van der Waals surface area contributed by atoms with Crippen LogP contribution in [-0.2, 0) is 0 Å². The number of benzene rings is 1. The predicted octanol–water partition coefficient (Wildman–Crippen LogP) is 3.17. The lowest BCUT2D eigenvalue weighted by molar-refractivity contribution is 0.128. The lowest BCUT2D eigenvalue weighted by Gasteiger charge is -2.39. The Balaban J connectivity index is 1.95. The zero-order valence-corrected chi connectivity index (χ0v) is 14.3. The van der Waals surface area contributed by atoms with Gasteiger partial charge in [0.25, 0.3) is 0 Å². The van der Waals surface area contributed by atoms with Crippen molar-refractivity contribution in [2.45, 2.75) is 26.3 Å². The van der Waals surface area contributed by atoms with E-state index in [1.165, 1.54) is 5.56 Å².